The molecule has 0 atom stereocenters. The van der Waals surface area contributed by atoms with Crippen molar-refractivity contribution in [2.45, 2.75) is 0 Å². The van der Waals surface area contributed by atoms with Crippen molar-refractivity contribution in [3.05, 3.63) is 212 Å². The van der Waals surface area contributed by atoms with Crippen molar-refractivity contribution in [2.75, 3.05) is 4.90 Å². The lowest BCUT2D eigenvalue weighted by Gasteiger charge is -2.30. The van der Waals surface area contributed by atoms with Gasteiger partial charge in [0.2, 0.25) is 0 Å². The minimum atomic E-state index is 0.852. The molecule has 268 valence electrons. The van der Waals surface area contributed by atoms with Gasteiger partial charge in [-0.2, -0.15) is 0 Å². The third-order valence-electron chi connectivity index (χ3n) is 11.1. The lowest BCUT2D eigenvalue weighted by Crippen LogP contribution is -2.12. The highest BCUT2D eigenvalue weighted by molar-refractivity contribution is 6.17. The van der Waals surface area contributed by atoms with Gasteiger partial charge in [0.25, 0.3) is 0 Å². The minimum absolute atomic E-state index is 0.852. The van der Waals surface area contributed by atoms with Crippen molar-refractivity contribution >= 4 is 60.9 Å². The Hall–Kier alpha value is -7.62. The highest BCUT2D eigenvalue weighted by Gasteiger charge is 2.25. The molecule has 0 bridgehead atoms. The van der Waals surface area contributed by atoms with Crippen LogP contribution in [0.2, 0.25) is 0 Å². The molecule has 0 aliphatic heterocycles. The van der Waals surface area contributed by atoms with Crippen LogP contribution < -0.4 is 4.90 Å². The number of furan rings is 2. The van der Waals surface area contributed by atoms with Gasteiger partial charge in [-0.3, -0.25) is 0 Å². The second-order valence-electron chi connectivity index (χ2n) is 14.4. The van der Waals surface area contributed by atoms with Gasteiger partial charge < -0.3 is 13.7 Å². The van der Waals surface area contributed by atoms with Gasteiger partial charge in [-0.1, -0.05) is 158 Å². The fourth-order valence-corrected chi connectivity index (χ4v) is 8.39. The lowest BCUT2D eigenvalue weighted by atomic mass is 9.93. The molecule has 9 aromatic carbocycles. The Morgan fingerprint density at radius 1 is 0.298 bits per heavy atom. The van der Waals surface area contributed by atoms with Crippen LogP contribution in [0.5, 0.6) is 0 Å². The van der Waals surface area contributed by atoms with E-state index in [2.05, 4.69) is 199 Å². The standard InChI is InChI=1S/C54H35NO2/c1-3-13-36(14-4-1)38-23-25-40(26-24-38)53-48(33-34-51-54(53)46-19-9-12-22-50(46)56-51)55(42-30-27-39(28-31-42)37-15-5-2-6-16-37)47-20-10-7-17-43(47)41-29-32-45-44-18-8-11-21-49(44)57-52(45)35-41/h1-35H. The molecule has 0 amide bonds. The van der Waals surface area contributed by atoms with Crippen LogP contribution in [0.25, 0.3) is 88.4 Å². The fourth-order valence-electron chi connectivity index (χ4n) is 8.39. The number of hydrogen-bond donors (Lipinski definition) is 0. The van der Waals surface area contributed by atoms with Crippen molar-refractivity contribution in [1.29, 1.82) is 0 Å². The van der Waals surface area contributed by atoms with Gasteiger partial charge in [-0.25, -0.2) is 0 Å². The molecule has 0 unspecified atom stereocenters. The maximum atomic E-state index is 6.55. The Bertz CT molecular complexity index is 3210. The molecule has 2 aromatic heterocycles. The number of hydrogen-bond acceptors (Lipinski definition) is 3. The van der Waals surface area contributed by atoms with Crippen molar-refractivity contribution < 1.29 is 8.83 Å². The maximum absolute atomic E-state index is 6.55. The minimum Gasteiger partial charge on any atom is -0.456 e. The predicted molar refractivity (Wildman–Crippen MR) is 237 cm³/mol. The second-order valence-corrected chi connectivity index (χ2v) is 14.4. The van der Waals surface area contributed by atoms with Crippen molar-refractivity contribution in [2.24, 2.45) is 0 Å². The number of nitrogens with zero attached hydrogens (tertiary/aromatic N) is 1. The molecule has 0 saturated carbocycles. The molecule has 0 saturated heterocycles. The summed E-state index contributed by atoms with van der Waals surface area (Å²) in [5.41, 5.74) is 15.7. The summed E-state index contributed by atoms with van der Waals surface area (Å²) in [6.07, 6.45) is 0. The molecule has 3 nitrogen and oxygen atoms in total. The van der Waals surface area contributed by atoms with E-state index >= 15 is 0 Å². The average molecular weight is 730 g/mol. The smallest absolute Gasteiger partial charge is 0.136 e. The lowest BCUT2D eigenvalue weighted by molar-refractivity contribution is 0.668. The summed E-state index contributed by atoms with van der Waals surface area (Å²) in [6.45, 7) is 0. The predicted octanol–water partition coefficient (Wildman–Crippen LogP) is 15.6. The third-order valence-corrected chi connectivity index (χ3v) is 11.1. The van der Waals surface area contributed by atoms with E-state index in [1.165, 1.54) is 16.7 Å². The highest BCUT2D eigenvalue weighted by Crippen LogP contribution is 2.49. The van der Waals surface area contributed by atoms with Gasteiger partial charge in [0, 0.05) is 38.4 Å². The first-order chi connectivity index (χ1) is 28.3. The van der Waals surface area contributed by atoms with Crippen LogP contribution in [-0.4, -0.2) is 0 Å². The Balaban J connectivity index is 1.17. The van der Waals surface area contributed by atoms with Gasteiger partial charge in [0.1, 0.15) is 22.3 Å². The molecule has 0 radical (unpaired) electrons. The third kappa shape index (κ3) is 5.68. The van der Waals surface area contributed by atoms with Gasteiger partial charge >= 0.3 is 0 Å². The normalized spacial score (nSPS) is 11.5. The van der Waals surface area contributed by atoms with E-state index in [-0.39, 0.29) is 0 Å². The average Bonchev–Trinajstić information content (AvgIpc) is 3.86. The summed E-state index contributed by atoms with van der Waals surface area (Å²) in [5, 5.41) is 4.40. The van der Waals surface area contributed by atoms with E-state index < -0.39 is 0 Å². The van der Waals surface area contributed by atoms with Crippen molar-refractivity contribution in [3.8, 4) is 44.5 Å². The van der Waals surface area contributed by atoms with Crippen LogP contribution in [0.4, 0.5) is 17.1 Å². The number of para-hydroxylation sites is 3. The molecule has 0 N–H and O–H groups in total. The topological polar surface area (TPSA) is 29.5 Å². The van der Waals surface area contributed by atoms with Crippen molar-refractivity contribution in [1.82, 2.24) is 0 Å². The summed E-state index contributed by atoms with van der Waals surface area (Å²) in [4.78, 5) is 2.41. The number of benzene rings is 9. The summed E-state index contributed by atoms with van der Waals surface area (Å²) in [6, 6.07) is 75.2. The molecule has 3 heteroatoms. The van der Waals surface area contributed by atoms with E-state index in [0.717, 1.165) is 88.8 Å². The second kappa shape index (κ2) is 13.6. The fraction of sp³-hybridized carbons (Fsp3) is 0. The Kier molecular flexibility index (Phi) is 7.82. The summed E-state index contributed by atoms with van der Waals surface area (Å²) in [7, 11) is 0. The SMILES string of the molecule is c1ccc(-c2ccc(-c3c(N(c4ccc(-c5ccccc5)cc4)c4ccccc4-c4ccc5c(c4)oc4ccccc45)ccc4oc5ccccc5c34)cc2)cc1. The molecule has 11 aromatic rings. The molecule has 0 aliphatic rings. The molecule has 0 fully saturated rings. The quantitative estimate of drug-likeness (QED) is 0.164. The van der Waals surface area contributed by atoms with E-state index in [1.807, 2.05) is 18.2 Å². The maximum Gasteiger partial charge on any atom is 0.136 e. The van der Waals surface area contributed by atoms with Crippen LogP contribution in [0, 0.1) is 0 Å². The zero-order valence-electron chi connectivity index (χ0n) is 31.0. The molecular formula is C54H35NO2. The monoisotopic (exact) mass is 729 g/mol. The summed E-state index contributed by atoms with van der Waals surface area (Å²) >= 11 is 0. The zero-order valence-corrected chi connectivity index (χ0v) is 31.0. The van der Waals surface area contributed by atoms with Crippen LogP contribution in [0.3, 0.4) is 0 Å². The Morgan fingerprint density at radius 3 is 1.53 bits per heavy atom. The Morgan fingerprint density at radius 2 is 0.807 bits per heavy atom. The molecule has 0 spiro atoms. The van der Waals surface area contributed by atoms with E-state index in [0.29, 0.717) is 0 Å². The first-order valence-electron chi connectivity index (χ1n) is 19.3. The van der Waals surface area contributed by atoms with Crippen LogP contribution in [0.1, 0.15) is 0 Å². The largest absolute Gasteiger partial charge is 0.456 e. The van der Waals surface area contributed by atoms with Crippen LogP contribution in [-0.2, 0) is 0 Å². The number of rotatable bonds is 7. The zero-order chi connectivity index (χ0) is 37.7. The van der Waals surface area contributed by atoms with E-state index in [1.54, 1.807) is 0 Å². The molecule has 2 heterocycles. The van der Waals surface area contributed by atoms with E-state index in [9.17, 15) is 0 Å². The summed E-state index contributed by atoms with van der Waals surface area (Å²) < 4.78 is 13.0. The molecule has 11 rings (SSSR count). The molecule has 0 aliphatic carbocycles. The first-order valence-corrected chi connectivity index (χ1v) is 19.3. The number of anilines is 3. The first kappa shape index (κ1) is 32.8. The number of fused-ring (bicyclic) bond motifs is 6. The van der Waals surface area contributed by atoms with Gasteiger partial charge in [-0.05, 0) is 88.0 Å². The van der Waals surface area contributed by atoms with Crippen molar-refractivity contribution in [3.63, 3.8) is 0 Å². The molecule has 57 heavy (non-hydrogen) atoms. The van der Waals surface area contributed by atoms with Gasteiger partial charge in [0.15, 0.2) is 0 Å². The van der Waals surface area contributed by atoms with Crippen LogP contribution in [0.15, 0.2) is 221 Å². The highest BCUT2D eigenvalue weighted by atomic mass is 16.3. The Labute approximate surface area is 330 Å². The van der Waals surface area contributed by atoms with Gasteiger partial charge in [0.05, 0.1) is 11.4 Å². The van der Waals surface area contributed by atoms with Gasteiger partial charge in [-0.15, -0.1) is 0 Å². The van der Waals surface area contributed by atoms with Crippen LogP contribution >= 0.6 is 0 Å². The van der Waals surface area contributed by atoms with E-state index in [4.69, 9.17) is 8.83 Å². The molecular weight excluding hydrogens is 695 g/mol. The summed E-state index contributed by atoms with van der Waals surface area (Å²) in [5.74, 6) is 0.